The van der Waals surface area contributed by atoms with Gasteiger partial charge in [0.1, 0.15) is 5.60 Å². The first-order valence-electron chi connectivity index (χ1n) is 8.30. The van der Waals surface area contributed by atoms with Crippen LogP contribution >= 0.6 is 15.9 Å². The van der Waals surface area contributed by atoms with Crippen LogP contribution in [0.5, 0.6) is 0 Å². The van der Waals surface area contributed by atoms with E-state index >= 15 is 0 Å². The lowest BCUT2D eigenvalue weighted by Crippen LogP contribution is -2.50. The average molecular weight is 383 g/mol. The monoisotopic (exact) mass is 382 g/mol. The van der Waals surface area contributed by atoms with Gasteiger partial charge in [-0.2, -0.15) is 0 Å². The molecule has 0 aromatic heterocycles. The van der Waals surface area contributed by atoms with E-state index in [0.717, 1.165) is 36.0 Å². The van der Waals surface area contributed by atoms with Crippen molar-refractivity contribution in [1.29, 1.82) is 0 Å². The van der Waals surface area contributed by atoms with Gasteiger partial charge in [-0.25, -0.2) is 4.79 Å². The zero-order valence-corrected chi connectivity index (χ0v) is 16.0. The van der Waals surface area contributed by atoms with Gasteiger partial charge in [-0.3, -0.25) is 0 Å². The lowest BCUT2D eigenvalue weighted by molar-refractivity contribution is 0.00850. The predicted octanol–water partition coefficient (Wildman–Crippen LogP) is 5.04. The van der Waals surface area contributed by atoms with Crippen LogP contribution in [0.3, 0.4) is 0 Å². The van der Waals surface area contributed by atoms with Crippen LogP contribution in [0, 0.1) is 0 Å². The fourth-order valence-corrected chi connectivity index (χ4v) is 3.18. The van der Waals surface area contributed by atoms with E-state index in [1.807, 2.05) is 37.8 Å². The summed E-state index contributed by atoms with van der Waals surface area (Å²) in [6.45, 7) is 8.60. The third-order valence-corrected chi connectivity index (χ3v) is 4.56. The zero-order chi connectivity index (χ0) is 17.0. The normalized spacial score (nSPS) is 21.9. The van der Waals surface area contributed by atoms with Crippen molar-refractivity contribution in [2.45, 2.75) is 64.6 Å². The highest BCUT2D eigenvalue weighted by Gasteiger charge is 2.33. The summed E-state index contributed by atoms with van der Waals surface area (Å²) in [5.41, 5.74) is 0.681. The van der Waals surface area contributed by atoms with E-state index in [9.17, 15) is 4.79 Å². The molecule has 0 saturated carbocycles. The molecule has 0 radical (unpaired) electrons. The van der Waals surface area contributed by atoms with E-state index in [4.69, 9.17) is 4.74 Å². The van der Waals surface area contributed by atoms with Crippen LogP contribution in [-0.4, -0.2) is 35.2 Å². The van der Waals surface area contributed by atoms with Gasteiger partial charge in [0.05, 0.1) is 0 Å². The summed E-state index contributed by atoms with van der Waals surface area (Å²) >= 11 is 3.45. The maximum atomic E-state index is 12.4. The zero-order valence-electron chi connectivity index (χ0n) is 14.4. The number of piperidine rings is 1. The second-order valence-corrected chi connectivity index (χ2v) is 8.02. The van der Waals surface area contributed by atoms with Crippen molar-refractivity contribution >= 4 is 27.7 Å². The second-order valence-electron chi connectivity index (χ2n) is 7.11. The molecule has 1 saturated heterocycles. The molecule has 0 aliphatic carbocycles. The standard InChI is InChI=1S/C18H27BrN2O2/c1-5-16-12-15(20-14-8-6-13(19)7-9-14)10-11-21(16)17(22)23-18(2,3)4/h6-9,15-16,20H,5,10-12H2,1-4H3. The first-order valence-corrected chi connectivity index (χ1v) is 9.09. The number of nitrogens with one attached hydrogen (secondary N) is 1. The van der Waals surface area contributed by atoms with Gasteiger partial charge >= 0.3 is 6.09 Å². The van der Waals surface area contributed by atoms with E-state index in [0.29, 0.717) is 6.04 Å². The van der Waals surface area contributed by atoms with E-state index in [1.54, 1.807) is 0 Å². The second kappa shape index (κ2) is 7.56. The SMILES string of the molecule is CCC1CC(Nc2ccc(Br)cc2)CCN1C(=O)OC(C)(C)C. The Balaban J connectivity index is 1.95. The van der Waals surface area contributed by atoms with Crippen molar-refractivity contribution < 1.29 is 9.53 Å². The van der Waals surface area contributed by atoms with Crippen LogP contribution in [0.25, 0.3) is 0 Å². The number of anilines is 1. The van der Waals surface area contributed by atoms with Crippen molar-refractivity contribution in [3.8, 4) is 0 Å². The smallest absolute Gasteiger partial charge is 0.410 e. The molecule has 0 bridgehead atoms. The minimum Gasteiger partial charge on any atom is -0.444 e. The minimum absolute atomic E-state index is 0.188. The van der Waals surface area contributed by atoms with Crippen molar-refractivity contribution in [3.05, 3.63) is 28.7 Å². The van der Waals surface area contributed by atoms with Crippen molar-refractivity contribution in [3.63, 3.8) is 0 Å². The number of ether oxygens (including phenoxy) is 1. The Bertz CT molecular complexity index is 525. The molecule has 1 N–H and O–H groups in total. The number of halogens is 1. The van der Waals surface area contributed by atoms with Crippen LogP contribution in [-0.2, 0) is 4.74 Å². The number of rotatable bonds is 3. The molecule has 1 aromatic carbocycles. The summed E-state index contributed by atoms with van der Waals surface area (Å²) in [6.07, 6.45) is 2.64. The molecule has 128 valence electrons. The minimum atomic E-state index is -0.443. The largest absolute Gasteiger partial charge is 0.444 e. The molecule has 0 spiro atoms. The summed E-state index contributed by atoms with van der Waals surface area (Å²) in [4.78, 5) is 14.3. The molecular weight excluding hydrogens is 356 g/mol. The van der Waals surface area contributed by atoms with Gasteiger partial charge in [-0.1, -0.05) is 22.9 Å². The maximum Gasteiger partial charge on any atom is 0.410 e. The van der Waals surface area contributed by atoms with E-state index in [2.05, 4.69) is 40.3 Å². The first-order chi connectivity index (χ1) is 10.8. The number of hydrogen-bond acceptors (Lipinski definition) is 3. The number of amides is 1. The molecular formula is C18H27BrN2O2. The maximum absolute atomic E-state index is 12.4. The van der Waals surface area contributed by atoms with Crippen molar-refractivity contribution in [2.24, 2.45) is 0 Å². The van der Waals surface area contributed by atoms with E-state index in [1.165, 1.54) is 0 Å². The average Bonchev–Trinajstić information content (AvgIpc) is 2.47. The summed E-state index contributed by atoms with van der Waals surface area (Å²) in [5.74, 6) is 0. The van der Waals surface area contributed by atoms with Crippen LogP contribution in [0.1, 0.15) is 47.0 Å². The number of benzene rings is 1. The van der Waals surface area contributed by atoms with E-state index in [-0.39, 0.29) is 12.1 Å². The number of carbonyl (C=O) groups excluding carboxylic acids is 1. The fraction of sp³-hybridized carbons (Fsp3) is 0.611. The highest BCUT2D eigenvalue weighted by atomic mass is 79.9. The van der Waals surface area contributed by atoms with Gasteiger partial charge < -0.3 is 15.0 Å². The van der Waals surface area contributed by atoms with Crippen LogP contribution < -0.4 is 5.32 Å². The summed E-state index contributed by atoms with van der Waals surface area (Å²) in [6, 6.07) is 8.84. The molecule has 23 heavy (non-hydrogen) atoms. The lowest BCUT2D eigenvalue weighted by atomic mass is 9.95. The Morgan fingerprint density at radius 1 is 1.35 bits per heavy atom. The van der Waals surface area contributed by atoms with Crippen LogP contribution in [0.15, 0.2) is 28.7 Å². The van der Waals surface area contributed by atoms with E-state index < -0.39 is 5.60 Å². The topological polar surface area (TPSA) is 41.6 Å². The third-order valence-electron chi connectivity index (χ3n) is 4.03. The Morgan fingerprint density at radius 2 is 2.00 bits per heavy atom. The van der Waals surface area contributed by atoms with Gasteiger partial charge in [-0.15, -0.1) is 0 Å². The fourth-order valence-electron chi connectivity index (χ4n) is 2.91. The van der Waals surface area contributed by atoms with Gasteiger partial charge in [0.25, 0.3) is 0 Å². The van der Waals surface area contributed by atoms with Crippen molar-refractivity contribution in [2.75, 3.05) is 11.9 Å². The molecule has 1 aromatic rings. The predicted molar refractivity (Wildman–Crippen MR) is 97.8 cm³/mol. The Labute approximate surface area is 147 Å². The third kappa shape index (κ3) is 5.41. The van der Waals surface area contributed by atoms with Gasteiger partial charge in [0, 0.05) is 28.8 Å². The number of carbonyl (C=O) groups is 1. The van der Waals surface area contributed by atoms with Crippen molar-refractivity contribution in [1.82, 2.24) is 4.90 Å². The molecule has 1 amide bonds. The molecule has 1 aliphatic rings. The molecule has 5 heteroatoms. The molecule has 2 rings (SSSR count). The van der Waals surface area contributed by atoms with Crippen LogP contribution in [0.4, 0.5) is 10.5 Å². The summed E-state index contributed by atoms with van der Waals surface area (Å²) in [5, 5.41) is 3.58. The molecule has 2 unspecified atom stereocenters. The molecule has 4 nitrogen and oxygen atoms in total. The molecule has 2 atom stereocenters. The number of likely N-dealkylation sites (tertiary alicyclic amines) is 1. The number of hydrogen-bond donors (Lipinski definition) is 1. The first kappa shape index (κ1) is 18.1. The van der Waals surface area contributed by atoms with Gasteiger partial charge in [-0.05, 0) is 64.3 Å². The highest BCUT2D eigenvalue weighted by molar-refractivity contribution is 9.10. The summed E-state index contributed by atoms with van der Waals surface area (Å²) in [7, 11) is 0. The Kier molecular flexibility index (Phi) is 5.95. The van der Waals surface area contributed by atoms with Gasteiger partial charge in [0.2, 0.25) is 0 Å². The van der Waals surface area contributed by atoms with Crippen LogP contribution in [0.2, 0.25) is 0 Å². The molecule has 1 heterocycles. The summed E-state index contributed by atoms with van der Waals surface area (Å²) < 4.78 is 6.62. The molecule has 1 aliphatic heterocycles. The van der Waals surface area contributed by atoms with Gasteiger partial charge in [0.15, 0.2) is 0 Å². The molecule has 1 fully saturated rings. The Morgan fingerprint density at radius 3 is 2.57 bits per heavy atom. The Hall–Kier alpha value is -1.23. The highest BCUT2D eigenvalue weighted by Crippen LogP contribution is 2.25. The quantitative estimate of drug-likeness (QED) is 0.795. The number of nitrogens with zero attached hydrogens (tertiary/aromatic N) is 1. The lowest BCUT2D eigenvalue weighted by Gasteiger charge is -2.40.